The number of carbonyl (C=O) groups excluding carboxylic acids is 1. The van der Waals surface area contributed by atoms with Crippen LogP contribution in [0.25, 0.3) is 0 Å². The Labute approximate surface area is 148 Å². The maximum Gasteiger partial charge on any atom is 0.279 e. The quantitative estimate of drug-likeness (QED) is 0.824. The largest absolute Gasteiger partial charge is 0.321 e. The van der Waals surface area contributed by atoms with Crippen LogP contribution in [0.2, 0.25) is 0 Å². The number of hydrogen-bond donors (Lipinski definition) is 2. The molecule has 1 saturated carbocycles. The SMILES string of the molecule is O=C(C[NH+]1CCc2sccc2[C@@H]1C1CC1)Nc1ccc(Br)cc1. The molecule has 1 fully saturated rings. The Morgan fingerprint density at radius 3 is 2.78 bits per heavy atom. The summed E-state index contributed by atoms with van der Waals surface area (Å²) < 4.78 is 1.02. The van der Waals surface area contributed by atoms with Gasteiger partial charge in [0.25, 0.3) is 5.91 Å². The first-order valence-corrected chi connectivity index (χ1v) is 9.84. The molecular weight excluding hydrogens is 372 g/mol. The van der Waals surface area contributed by atoms with Crippen LogP contribution >= 0.6 is 27.3 Å². The number of halogens is 1. The number of amides is 1. The molecule has 2 N–H and O–H groups in total. The molecule has 2 heterocycles. The van der Waals surface area contributed by atoms with Crippen LogP contribution < -0.4 is 10.2 Å². The van der Waals surface area contributed by atoms with Crippen molar-refractivity contribution in [2.45, 2.75) is 25.3 Å². The van der Waals surface area contributed by atoms with Crippen molar-refractivity contribution in [1.82, 2.24) is 0 Å². The van der Waals surface area contributed by atoms with Crippen molar-refractivity contribution >= 4 is 38.9 Å². The third-order valence-corrected chi connectivity index (χ3v) is 6.36. The van der Waals surface area contributed by atoms with Crippen LogP contribution in [0.15, 0.2) is 40.2 Å². The van der Waals surface area contributed by atoms with Gasteiger partial charge in [-0.15, -0.1) is 11.3 Å². The van der Waals surface area contributed by atoms with Crippen molar-refractivity contribution in [1.29, 1.82) is 0 Å². The number of nitrogens with one attached hydrogen (secondary N) is 2. The van der Waals surface area contributed by atoms with Gasteiger partial charge in [0, 0.05) is 32.9 Å². The van der Waals surface area contributed by atoms with Gasteiger partial charge >= 0.3 is 0 Å². The highest BCUT2D eigenvalue weighted by Crippen LogP contribution is 2.42. The summed E-state index contributed by atoms with van der Waals surface area (Å²) >= 11 is 5.30. The van der Waals surface area contributed by atoms with E-state index in [9.17, 15) is 4.79 Å². The Hall–Kier alpha value is -1.17. The molecule has 120 valence electrons. The van der Waals surface area contributed by atoms with E-state index in [1.54, 1.807) is 4.88 Å². The monoisotopic (exact) mass is 391 g/mol. The highest BCUT2D eigenvalue weighted by atomic mass is 79.9. The van der Waals surface area contributed by atoms with Crippen molar-refractivity contribution in [3.8, 4) is 0 Å². The van der Waals surface area contributed by atoms with Gasteiger partial charge in [0.05, 0.1) is 6.54 Å². The van der Waals surface area contributed by atoms with Crippen molar-refractivity contribution in [3.63, 3.8) is 0 Å². The zero-order valence-electron chi connectivity index (χ0n) is 12.8. The smallest absolute Gasteiger partial charge is 0.279 e. The third-order valence-electron chi connectivity index (χ3n) is 4.84. The highest BCUT2D eigenvalue weighted by Gasteiger charge is 2.43. The van der Waals surface area contributed by atoms with E-state index in [2.05, 4.69) is 32.7 Å². The predicted molar refractivity (Wildman–Crippen MR) is 97.0 cm³/mol. The van der Waals surface area contributed by atoms with Crippen molar-refractivity contribution in [2.24, 2.45) is 5.92 Å². The van der Waals surface area contributed by atoms with Crippen LogP contribution in [0, 0.1) is 5.92 Å². The predicted octanol–water partition coefficient (Wildman–Crippen LogP) is 3.04. The highest BCUT2D eigenvalue weighted by molar-refractivity contribution is 9.10. The summed E-state index contributed by atoms with van der Waals surface area (Å²) in [6.45, 7) is 1.63. The number of carbonyl (C=O) groups is 1. The maximum absolute atomic E-state index is 12.5. The summed E-state index contributed by atoms with van der Waals surface area (Å²) in [5.74, 6) is 0.894. The molecule has 2 atom stereocenters. The van der Waals surface area contributed by atoms with E-state index in [0.29, 0.717) is 12.6 Å². The molecule has 0 spiro atoms. The Balaban J connectivity index is 1.45. The van der Waals surface area contributed by atoms with Crippen molar-refractivity contribution in [2.75, 3.05) is 18.4 Å². The summed E-state index contributed by atoms with van der Waals surface area (Å²) in [6.07, 6.45) is 3.74. The lowest BCUT2D eigenvalue weighted by atomic mass is 9.96. The topological polar surface area (TPSA) is 33.5 Å². The fourth-order valence-corrected chi connectivity index (χ4v) is 4.83. The lowest BCUT2D eigenvalue weighted by Gasteiger charge is -2.32. The summed E-state index contributed by atoms with van der Waals surface area (Å²) in [5, 5.41) is 5.25. The second-order valence-corrected chi connectivity index (χ2v) is 8.42. The van der Waals surface area contributed by atoms with E-state index < -0.39 is 0 Å². The minimum Gasteiger partial charge on any atom is -0.321 e. The van der Waals surface area contributed by atoms with Crippen LogP contribution in [-0.2, 0) is 11.2 Å². The van der Waals surface area contributed by atoms with Crippen LogP contribution in [0.4, 0.5) is 5.69 Å². The second kappa shape index (κ2) is 6.38. The molecule has 1 aliphatic carbocycles. The number of fused-ring (bicyclic) bond motifs is 1. The number of rotatable bonds is 4. The standard InChI is InChI=1S/C18H19BrN2OS/c19-13-3-5-14(6-4-13)20-17(22)11-21-9-7-16-15(8-10-23-16)18(21)12-1-2-12/h3-6,8,10,12,18H,1-2,7,9,11H2,(H,20,22)/p+1/t18-/m0/s1. The summed E-state index contributed by atoms with van der Waals surface area (Å²) in [6, 6.07) is 10.6. The minimum absolute atomic E-state index is 0.117. The first kappa shape index (κ1) is 15.4. The molecular formula is C18H20BrN2OS+. The first-order chi connectivity index (χ1) is 11.2. The molecule has 1 amide bonds. The van der Waals surface area contributed by atoms with E-state index in [1.807, 2.05) is 35.6 Å². The number of hydrogen-bond acceptors (Lipinski definition) is 2. The molecule has 1 aromatic heterocycles. The average molecular weight is 392 g/mol. The van der Waals surface area contributed by atoms with Gasteiger partial charge in [0.2, 0.25) is 0 Å². The molecule has 2 aromatic rings. The molecule has 0 radical (unpaired) electrons. The Kier molecular flexibility index (Phi) is 4.26. The Bertz CT molecular complexity index is 708. The van der Waals surface area contributed by atoms with Gasteiger partial charge in [-0.2, -0.15) is 0 Å². The first-order valence-electron chi connectivity index (χ1n) is 8.17. The number of quaternary nitrogens is 1. The van der Waals surface area contributed by atoms with Gasteiger partial charge in [-0.1, -0.05) is 15.9 Å². The lowest BCUT2D eigenvalue weighted by molar-refractivity contribution is -0.928. The van der Waals surface area contributed by atoms with Gasteiger partial charge < -0.3 is 10.2 Å². The Morgan fingerprint density at radius 1 is 1.26 bits per heavy atom. The fraction of sp³-hybridized carbons (Fsp3) is 0.389. The van der Waals surface area contributed by atoms with E-state index in [1.165, 1.54) is 23.3 Å². The van der Waals surface area contributed by atoms with E-state index >= 15 is 0 Å². The second-order valence-electron chi connectivity index (χ2n) is 6.50. The summed E-state index contributed by atoms with van der Waals surface area (Å²) in [7, 11) is 0. The van der Waals surface area contributed by atoms with Crippen LogP contribution in [-0.4, -0.2) is 19.0 Å². The molecule has 0 saturated heterocycles. The molecule has 4 rings (SSSR count). The van der Waals surface area contributed by atoms with Crippen LogP contribution in [0.5, 0.6) is 0 Å². The van der Waals surface area contributed by atoms with E-state index in [0.717, 1.165) is 29.0 Å². The van der Waals surface area contributed by atoms with Gasteiger partial charge in [-0.25, -0.2) is 0 Å². The molecule has 2 aliphatic rings. The fourth-order valence-electron chi connectivity index (χ4n) is 3.64. The van der Waals surface area contributed by atoms with E-state index in [-0.39, 0.29) is 5.91 Å². The molecule has 3 nitrogen and oxygen atoms in total. The molecule has 23 heavy (non-hydrogen) atoms. The van der Waals surface area contributed by atoms with Gasteiger partial charge in [0.1, 0.15) is 6.04 Å². The number of anilines is 1. The van der Waals surface area contributed by atoms with Crippen molar-refractivity contribution < 1.29 is 9.69 Å². The Morgan fingerprint density at radius 2 is 2.04 bits per heavy atom. The van der Waals surface area contributed by atoms with Crippen LogP contribution in [0.3, 0.4) is 0 Å². The third kappa shape index (κ3) is 3.37. The molecule has 1 aliphatic heterocycles. The summed E-state index contributed by atoms with van der Waals surface area (Å²) in [4.78, 5) is 15.4. The zero-order chi connectivity index (χ0) is 15.8. The van der Waals surface area contributed by atoms with Gasteiger partial charge in [-0.05, 0) is 48.6 Å². The minimum atomic E-state index is 0.117. The van der Waals surface area contributed by atoms with Crippen LogP contribution in [0.1, 0.15) is 29.3 Å². The maximum atomic E-state index is 12.5. The molecule has 1 unspecified atom stereocenters. The zero-order valence-corrected chi connectivity index (χ0v) is 15.3. The lowest BCUT2D eigenvalue weighted by Crippen LogP contribution is -3.14. The van der Waals surface area contributed by atoms with Crippen molar-refractivity contribution in [3.05, 3.63) is 50.6 Å². The van der Waals surface area contributed by atoms with Gasteiger partial charge in [-0.3, -0.25) is 4.79 Å². The summed E-state index contributed by atoms with van der Waals surface area (Å²) in [5.41, 5.74) is 2.38. The normalized spacial score (nSPS) is 23.3. The van der Waals surface area contributed by atoms with E-state index in [4.69, 9.17) is 0 Å². The molecule has 1 aromatic carbocycles. The number of benzene rings is 1. The molecule has 5 heteroatoms. The molecule has 0 bridgehead atoms. The average Bonchev–Trinajstić information content (AvgIpc) is 3.26. The van der Waals surface area contributed by atoms with Gasteiger partial charge in [0.15, 0.2) is 6.54 Å². The number of thiophene rings is 1.